The molecule has 1 rings (SSSR count). The van der Waals surface area contributed by atoms with Crippen LogP contribution in [0.3, 0.4) is 0 Å². The van der Waals surface area contributed by atoms with Crippen molar-refractivity contribution < 1.29 is 5.21 Å². The molecule has 1 aliphatic heterocycles. The molecule has 0 saturated carbocycles. The van der Waals surface area contributed by atoms with E-state index < -0.39 is 0 Å². The standard InChI is InChI=1S/C13H27N3O/c1-4-11-5-8-16(9-6-11)10-7-13(2,3)12(14)15-17/h11,17H,4-10H2,1-3H3,(H2,14,15). The van der Waals surface area contributed by atoms with Crippen LogP contribution in [0.2, 0.25) is 0 Å². The van der Waals surface area contributed by atoms with E-state index in [0.717, 1.165) is 18.9 Å². The Balaban J connectivity index is 2.32. The number of oxime groups is 1. The van der Waals surface area contributed by atoms with E-state index in [-0.39, 0.29) is 5.41 Å². The number of amidine groups is 1. The van der Waals surface area contributed by atoms with E-state index in [1.165, 1.54) is 32.4 Å². The van der Waals surface area contributed by atoms with E-state index in [0.29, 0.717) is 5.84 Å². The zero-order chi connectivity index (χ0) is 12.9. The summed E-state index contributed by atoms with van der Waals surface area (Å²) in [5.41, 5.74) is 5.48. The molecule has 0 spiro atoms. The molecule has 0 aromatic rings. The first kappa shape index (κ1) is 14.3. The van der Waals surface area contributed by atoms with Crippen LogP contribution >= 0.6 is 0 Å². The molecule has 1 saturated heterocycles. The first-order valence-corrected chi connectivity index (χ1v) is 6.70. The monoisotopic (exact) mass is 241 g/mol. The fraction of sp³-hybridized carbons (Fsp3) is 0.923. The number of likely N-dealkylation sites (tertiary alicyclic amines) is 1. The molecule has 1 aliphatic rings. The van der Waals surface area contributed by atoms with E-state index >= 15 is 0 Å². The van der Waals surface area contributed by atoms with E-state index in [1.54, 1.807) is 0 Å². The zero-order valence-electron chi connectivity index (χ0n) is 11.4. The molecule has 17 heavy (non-hydrogen) atoms. The Bertz CT molecular complexity index is 255. The highest BCUT2D eigenvalue weighted by molar-refractivity contribution is 5.85. The maximum Gasteiger partial charge on any atom is 0.144 e. The lowest BCUT2D eigenvalue weighted by Gasteiger charge is -2.33. The fourth-order valence-electron chi connectivity index (χ4n) is 2.32. The van der Waals surface area contributed by atoms with Crippen LogP contribution in [0.5, 0.6) is 0 Å². The summed E-state index contributed by atoms with van der Waals surface area (Å²) in [7, 11) is 0. The van der Waals surface area contributed by atoms with Crippen LogP contribution in [0, 0.1) is 11.3 Å². The quantitative estimate of drug-likeness (QED) is 0.336. The van der Waals surface area contributed by atoms with Crippen molar-refractivity contribution in [2.24, 2.45) is 22.2 Å². The third-order valence-electron chi connectivity index (χ3n) is 4.14. The predicted octanol–water partition coefficient (Wildman–Crippen LogP) is 2.27. The lowest BCUT2D eigenvalue weighted by atomic mass is 9.87. The second kappa shape index (κ2) is 6.24. The summed E-state index contributed by atoms with van der Waals surface area (Å²) in [5, 5.41) is 11.8. The summed E-state index contributed by atoms with van der Waals surface area (Å²) >= 11 is 0. The van der Waals surface area contributed by atoms with Crippen LogP contribution in [0.25, 0.3) is 0 Å². The normalized spacial score (nSPS) is 20.8. The van der Waals surface area contributed by atoms with Crippen molar-refractivity contribution in [2.75, 3.05) is 19.6 Å². The molecule has 100 valence electrons. The van der Waals surface area contributed by atoms with Crippen molar-refractivity contribution in [1.29, 1.82) is 0 Å². The van der Waals surface area contributed by atoms with Gasteiger partial charge in [-0.25, -0.2) is 0 Å². The van der Waals surface area contributed by atoms with Gasteiger partial charge < -0.3 is 15.8 Å². The topological polar surface area (TPSA) is 61.8 Å². The maximum absolute atomic E-state index is 8.72. The molecule has 0 aromatic carbocycles. The highest BCUT2D eigenvalue weighted by atomic mass is 16.4. The molecule has 0 aromatic heterocycles. The van der Waals surface area contributed by atoms with E-state index in [1.807, 2.05) is 13.8 Å². The third-order valence-corrected chi connectivity index (χ3v) is 4.14. The number of rotatable bonds is 5. The SMILES string of the molecule is CCC1CCN(CCC(C)(C)C(N)=NO)CC1. The third kappa shape index (κ3) is 4.19. The summed E-state index contributed by atoms with van der Waals surface area (Å²) < 4.78 is 0. The highest BCUT2D eigenvalue weighted by Crippen LogP contribution is 2.24. The Morgan fingerprint density at radius 1 is 1.41 bits per heavy atom. The lowest BCUT2D eigenvalue weighted by Crippen LogP contribution is -2.39. The van der Waals surface area contributed by atoms with Gasteiger partial charge in [-0.05, 0) is 44.8 Å². The van der Waals surface area contributed by atoms with Gasteiger partial charge in [0.25, 0.3) is 0 Å². The van der Waals surface area contributed by atoms with E-state index in [9.17, 15) is 0 Å². The molecule has 3 N–H and O–H groups in total. The van der Waals surface area contributed by atoms with Gasteiger partial charge in [0.15, 0.2) is 0 Å². The summed E-state index contributed by atoms with van der Waals surface area (Å²) in [6.07, 6.45) is 4.89. The van der Waals surface area contributed by atoms with Crippen molar-refractivity contribution in [2.45, 2.75) is 46.5 Å². The second-order valence-electron chi connectivity index (χ2n) is 5.81. The van der Waals surface area contributed by atoms with Crippen LogP contribution in [-0.4, -0.2) is 35.6 Å². The largest absolute Gasteiger partial charge is 0.409 e. The summed E-state index contributed by atoms with van der Waals surface area (Å²) in [4.78, 5) is 2.50. The van der Waals surface area contributed by atoms with Crippen LogP contribution < -0.4 is 5.73 Å². The number of nitrogens with two attached hydrogens (primary N) is 1. The minimum atomic E-state index is -0.212. The summed E-state index contributed by atoms with van der Waals surface area (Å²) in [6, 6.07) is 0. The molecule has 0 amide bonds. The van der Waals surface area contributed by atoms with Crippen molar-refractivity contribution in [3.63, 3.8) is 0 Å². The Kier molecular flexibility index (Phi) is 5.25. The van der Waals surface area contributed by atoms with Crippen molar-refractivity contribution >= 4 is 5.84 Å². The molecule has 1 heterocycles. The number of hydrogen-bond acceptors (Lipinski definition) is 3. The van der Waals surface area contributed by atoms with Gasteiger partial charge in [-0.15, -0.1) is 0 Å². The Hall–Kier alpha value is -0.770. The average Bonchev–Trinajstić information content (AvgIpc) is 2.36. The lowest BCUT2D eigenvalue weighted by molar-refractivity contribution is 0.168. The predicted molar refractivity (Wildman–Crippen MR) is 71.3 cm³/mol. The average molecular weight is 241 g/mol. The maximum atomic E-state index is 8.72. The zero-order valence-corrected chi connectivity index (χ0v) is 11.4. The Labute approximate surface area is 105 Å². The second-order valence-corrected chi connectivity index (χ2v) is 5.81. The van der Waals surface area contributed by atoms with Gasteiger partial charge in [0.05, 0.1) is 0 Å². The van der Waals surface area contributed by atoms with Crippen molar-refractivity contribution in [3.05, 3.63) is 0 Å². The van der Waals surface area contributed by atoms with Gasteiger partial charge in [0.2, 0.25) is 0 Å². The smallest absolute Gasteiger partial charge is 0.144 e. The van der Waals surface area contributed by atoms with Crippen LogP contribution in [-0.2, 0) is 0 Å². The molecule has 1 fully saturated rings. The van der Waals surface area contributed by atoms with Crippen LogP contribution in [0.1, 0.15) is 46.5 Å². The van der Waals surface area contributed by atoms with Gasteiger partial charge in [0.1, 0.15) is 5.84 Å². The number of nitrogens with zero attached hydrogens (tertiary/aromatic N) is 2. The van der Waals surface area contributed by atoms with E-state index in [4.69, 9.17) is 10.9 Å². The van der Waals surface area contributed by atoms with Gasteiger partial charge >= 0.3 is 0 Å². The van der Waals surface area contributed by atoms with Crippen molar-refractivity contribution in [1.82, 2.24) is 4.90 Å². The van der Waals surface area contributed by atoms with Crippen molar-refractivity contribution in [3.8, 4) is 0 Å². The fourth-order valence-corrected chi connectivity index (χ4v) is 2.32. The molecule has 0 radical (unpaired) electrons. The first-order chi connectivity index (χ1) is 7.99. The van der Waals surface area contributed by atoms with Gasteiger partial charge in [0, 0.05) is 5.41 Å². The van der Waals surface area contributed by atoms with Gasteiger partial charge in [-0.2, -0.15) is 0 Å². The number of piperidine rings is 1. The molecule has 0 aliphatic carbocycles. The molecular formula is C13H27N3O. The molecule has 0 bridgehead atoms. The highest BCUT2D eigenvalue weighted by Gasteiger charge is 2.25. The minimum Gasteiger partial charge on any atom is -0.409 e. The minimum absolute atomic E-state index is 0.212. The summed E-state index contributed by atoms with van der Waals surface area (Å²) in [6.45, 7) is 9.78. The van der Waals surface area contributed by atoms with Gasteiger partial charge in [-0.3, -0.25) is 0 Å². The molecule has 4 nitrogen and oxygen atoms in total. The Morgan fingerprint density at radius 2 is 2.00 bits per heavy atom. The summed E-state index contributed by atoms with van der Waals surface area (Å²) in [5.74, 6) is 1.25. The van der Waals surface area contributed by atoms with Crippen LogP contribution in [0.15, 0.2) is 5.16 Å². The molecular weight excluding hydrogens is 214 g/mol. The van der Waals surface area contributed by atoms with E-state index in [2.05, 4.69) is 17.0 Å². The molecule has 0 unspecified atom stereocenters. The molecule has 4 heteroatoms. The van der Waals surface area contributed by atoms with Crippen LogP contribution in [0.4, 0.5) is 0 Å². The Morgan fingerprint density at radius 3 is 2.47 bits per heavy atom. The van der Waals surface area contributed by atoms with Gasteiger partial charge in [-0.1, -0.05) is 32.3 Å². The number of hydrogen-bond donors (Lipinski definition) is 2. The molecule has 0 atom stereocenters. The first-order valence-electron chi connectivity index (χ1n) is 6.70.